The van der Waals surface area contributed by atoms with Crippen LogP contribution in [0.15, 0.2) is 48.5 Å². The molecular weight excluding hydrogens is 347 g/mol. The van der Waals surface area contributed by atoms with Crippen molar-refractivity contribution >= 4 is 11.8 Å². The molecule has 0 aliphatic heterocycles. The monoisotopic (exact) mass is 370 g/mol. The van der Waals surface area contributed by atoms with Crippen molar-refractivity contribution in [3.63, 3.8) is 0 Å². The molecule has 2 amide bonds. The maximum atomic E-state index is 13.5. The summed E-state index contributed by atoms with van der Waals surface area (Å²) in [4.78, 5) is 24.3. The summed E-state index contributed by atoms with van der Waals surface area (Å²) in [5, 5.41) is 5.66. The number of amides is 2. The lowest BCUT2D eigenvalue weighted by molar-refractivity contribution is -0.127. The summed E-state index contributed by atoms with van der Waals surface area (Å²) in [7, 11) is 1.60. The highest BCUT2D eigenvalue weighted by atomic mass is 19.1. The van der Waals surface area contributed by atoms with Crippen LogP contribution in [0.3, 0.4) is 0 Å². The molecule has 1 saturated carbocycles. The second-order valence-electron chi connectivity index (χ2n) is 6.65. The maximum absolute atomic E-state index is 13.5. The van der Waals surface area contributed by atoms with Gasteiger partial charge in [-0.25, -0.2) is 4.39 Å². The van der Waals surface area contributed by atoms with Crippen molar-refractivity contribution in [2.75, 3.05) is 13.7 Å². The molecule has 2 N–H and O–H groups in total. The first kappa shape index (κ1) is 18.9. The Hall–Kier alpha value is -2.89. The number of rotatable bonds is 8. The fourth-order valence-electron chi connectivity index (χ4n) is 2.99. The predicted molar refractivity (Wildman–Crippen MR) is 99.6 cm³/mol. The van der Waals surface area contributed by atoms with E-state index in [0.29, 0.717) is 31.5 Å². The van der Waals surface area contributed by atoms with Gasteiger partial charge >= 0.3 is 0 Å². The van der Waals surface area contributed by atoms with E-state index in [1.54, 1.807) is 25.3 Å². The van der Waals surface area contributed by atoms with Crippen molar-refractivity contribution in [3.8, 4) is 5.75 Å². The zero-order chi connectivity index (χ0) is 19.2. The molecule has 0 spiro atoms. The maximum Gasteiger partial charge on any atom is 0.224 e. The van der Waals surface area contributed by atoms with Gasteiger partial charge in [-0.05, 0) is 42.2 Å². The summed E-state index contributed by atoms with van der Waals surface area (Å²) >= 11 is 0. The van der Waals surface area contributed by atoms with Gasteiger partial charge in [-0.15, -0.1) is 0 Å². The van der Waals surface area contributed by atoms with E-state index in [9.17, 15) is 14.0 Å². The Morgan fingerprint density at radius 2 is 1.70 bits per heavy atom. The molecule has 0 saturated heterocycles. The highest BCUT2D eigenvalue weighted by Gasteiger charge is 2.47. The highest BCUT2D eigenvalue weighted by molar-refractivity contribution is 5.92. The van der Waals surface area contributed by atoms with Gasteiger partial charge in [-0.3, -0.25) is 9.59 Å². The van der Waals surface area contributed by atoms with E-state index >= 15 is 0 Å². The van der Waals surface area contributed by atoms with Crippen LogP contribution in [0.4, 0.5) is 4.39 Å². The van der Waals surface area contributed by atoms with Crippen molar-refractivity contribution in [1.29, 1.82) is 0 Å². The van der Waals surface area contributed by atoms with Gasteiger partial charge in [0.1, 0.15) is 11.6 Å². The van der Waals surface area contributed by atoms with E-state index in [0.717, 1.165) is 11.3 Å². The molecule has 6 heteroatoms. The highest BCUT2D eigenvalue weighted by Crippen LogP contribution is 2.38. The van der Waals surface area contributed by atoms with E-state index < -0.39 is 0 Å². The number of carbonyl (C=O) groups is 2. The van der Waals surface area contributed by atoms with Crippen molar-refractivity contribution in [3.05, 3.63) is 65.5 Å². The Morgan fingerprint density at radius 1 is 1.04 bits per heavy atom. The molecule has 2 atom stereocenters. The van der Waals surface area contributed by atoms with Gasteiger partial charge in [0.15, 0.2) is 0 Å². The first-order valence-electron chi connectivity index (χ1n) is 9.00. The molecule has 1 fully saturated rings. The molecule has 1 aliphatic carbocycles. The van der Waals surface area contributed by atoms with Crippen molar-refractivity contribution in [1.82, 2.24) is 10.6 Å². The molecule has 0 radical (unpaired) electrons. The molecule has 1 aliphatic rings. The average Bonchev–Trinajstić information content (AvgIpc) is 3.49. The van der Waals surface area contributed by atoms with Crippen LogP contribution in [0, 0.1) is 17.7 Å². The van der Waals surface area contributed by atoms with Crippen LogP contribution < -0.4 is 15.4 Å². The zero-order valence-corrected chi connectivity index (χ0v) is 15.2. The number of hydrogen-bond acceptors (Lipinski definition) is 3. The van der Waals surface area contributed by atoms with Gasteiger partial charge in [-0.1, -0.05) is 30.3 Å². The quantitative estimate of drug-likeness (QED) is 0.750. The van der Waals surface area contributed by atoms with Gasteiger partial charge in [0.25, 0.3) is 0 Å². The Morgan fingerprint density at radius 3 is 2.37 bits per heavy atom. The van der Waals surface area contributed by atoms with Gasteiger partial charge in [0, 0.05) is 13.1 Å². The summed E-state index contributed by atoms with van der Waals surface area (Å²) < 4.78 is 18.6. The second-order valence-corrected chi connectivity index (χ2v) is 6.65. The van der Waals surface area contributed by atoms with Crippen molar-refractivity contribution in [2.45, 2.75) is 19.4 Å². The Bertz CT molecular complexity index is 807. The predicted octanol–water partition coefficient (Wildman–Crippen LogP) is 2.45. The number of ether oxygens (including phenoxy) is 1. The minimum Gasteiger partial charge on any atom is -0.497 e. The molecular formula is C21H23FN2O3. The number of halogens is 1. The number of nitrogens with one attached hydrogen (secondary N) is 2. The molecule has 27 heavy (non-hydrogen) atoms. The van der Waals surface area contributed by atoms with Gasteiger partial charge in [0.05, 0.1) is 18.9 Å². The van der Waals surface area contributed by atoms with Crippen LogP contribution in [0.5, 0.6) is 5.75 Å². The Labute approximate surface area is 157 Å². The fourth-order valence-corrected chi connectivity index (χ4v) is 2.99. The second kappa shape index (κ2) is 8.66. The third-order valence-corrected chi connectivity index (χ3v) is 4.74. The molecule has 5 nitrogen and oxygen atoms in total. The number of carbonyl (C=O) groups excluding carboxylic acids is 2. The van der Waals surface area contributed by atoms with Gasteiger partial charge in [-0.2, -0.15) is 0 Å². The summed E-state index contributed by atoms with van der Waals surface area (Å²) in [6.45, 7) is 0.775. The Balaban J connectivity index is 1.38. The topological polar surface area (TPSA) is 67.4 Å². The molecule has 2 aromatic rings. The zero-order valence-electron chi connectivity index (χ0n) is 15.2. The smallest absolute Gasteiger partial charge is 0.224 e. The normalized spacial score (nSPS) is 17.9. The van der Waals surface area contributed by atoms with Crippen LogP contribution in [-0.4, -0.2) is 25.5 Å². The van der Waals surface area contributed by atoms with Crippen LogP contribution in [-0.2, 0) is 22.6 Å². The first-order chi connectivity index (χ1) is 13.1. The van der Waals surface area contributed by atoms with Crippen LogP contribution in [0.1, 0.15) is 17.5 Å². The van der Waals surface area contributed by atoms with E-state index in [4.69, 9.17) is 4.74 Å². The lowest BCUT2D eigenvalue weighted by Gasteiger charge is -2.07. The van der Waals surface area contributed by atoms with Crippen LogP contribution >= 0.6 is 0 Å². The molecule has 0 bridgehead atoms. The number of hydrogen-bond donors (Lipinski definition) is 2. The molecule has 142 valence electrons. The molecule has 0 aromatic heterocycles. The van der Waals surface area contributed by atoms with Crippen LogP contribution in [0.25, 0.3) is 0 Å². The summed E-state index contributed by atoms with van der Waals surface area (Å²) in [5.74, 6) is -0.331. The standard InChI is InChI=1S/C21H23FN2O3/c1-27-16-8-6-14(7-9-16)13-24-21(26)18-12-17(18)20(25)23-11-10-15-4-2-3-5-19(15)22/h2-9,17-18H,10-13H2,1H3,(H,23,25)(H,24,26). The van der Waals surface area contributed by atoms with E-state index in [1.807, 2.05) is 24.3 Å². The lowest BCUT2D eigenvalue weighted by atomic mass is 10.1. The number of benzene rings is 2. The minimum absolute atomic E-state index is 0.111. The summed E-state index contributed by atoms with van der Waals surface area (Å²) in [6, 6.07) is 14.0. The largest absolute Gasteiger partial charge is 0.497 e. The molecule has 3 rings (SSSR count). The minimum atomic E-state index is -0.290. The van der Waals surface area contributed by atoms with Gasteiger partial charge < -0.3 is 15.4 Å². The van der Waals surface area contributed by atoms with Crippen LogP contribution in [0.2, 0.25) is 0 Å². The van der Waals surface area contributed by atoms with E-state index in [-0.39, 0.29) is 29.5 Å². The van der Waals surface area contributed by atoms with E-state index in [1.165, 1.54) is 6.07 Å². The molecule has 2 aromatic carbocycles. The third kappa shape index (κ3) is 5.06. The molecule has 0 heterocycles. The number of methoxy groups -OCH3 is 1. The van der Waals surface area contributed by atoms with Gasteiger partial charge in [0.2, 0.25) is 11.8 Å². The Kier molecular flexibility index (Phi) is 6.06. The average molecular weight is 370 g/mol. The van der Waals surface area contributed by atoms with Crippen molar-refractivity contribution in [2.24, 2.45) is 11.8 Å². The first-order valence-corrected chi connectivity index (χ1v) is 9.00. The summed E-state index contributed by atoms with van der Waals surface area (Å²) in [6.07, 6.45) is 0.986. The SMILES string of the molecule is COc1ccc(CNC(=O)C2CC2C(=O)NCCc2ccccc2F)cc1. The fraction of sp³-hybridized carbons (Fsp3) is 0.333. The lowest BCUT2D eigenvalue weighted by Crippen LogP contribution is -2.31. The van der Waals surface area contributed by atoms with E-state index in [2.05, 4.69) is 10.6 Å². The molecule has 2 unspecified atom stereocenters. The van der Waals surface area contributed by atoms with Crippen molar-refractivity contribution < 1.29 is 18.7 Å². The summed E-state index contributed by atoms with van der Waals surface area (Å²) in [5.41, 5.74) is 1.54. The third-order valence-electron chi connectivity index (χ3n) is 4.74.